The fourth-order valence-electron chi connectivity index (χ4n) is 6.50. The van der Waals surface area contributed by atoms with Crippen LogP contribution in [-0.2, 0) is 20.9 Å². The summed E-state index contributed by atoms with van der Waals surface area (Å²) in [5.41, 5.74) is 0.918. The molecule has 5 rings (SSSR count). The smallest absolute Gasteiger partial charge is 0.306 e. The van der Waals surface area contributed by atoms with Crippen molar-refractivity contribution in [3.63, 3.8) is 0 Å². The molecule has 4 saturated carbocycles. The minimum Gasteiger partial charge on any atom is -0.493 e. The Balaban J connectivity index is 1.26. The highest BCUT2D eigenvalue weighted by atomic mass is 16.5. The molecule has 1 N–H and O–H groups in total. The Bertz CT molecular complexity index is 775. The van der Waals surface area contributed by atoms with Crippen molar-refractivity contribution in [1.29, 1.82) is 0 Å². The van der Waals surface area contributed by atoms with Crippen molar-refractivity contribution in [2.45, 2.75) is 51.5 Å². The zero-order valence-electron chi connectivity index (χ0n) is 18.7. The summed E-state index contributed by atoms with van der Waals surface area (Å²) in [7, 11) is 4.63. The summed E-state index contributed by atoms with van der Waals surface area (Å²) < 4.78 is 21.3. The van der Waals surface area contributed by atoms with Crippen molar-refractivity contribution in [2.24, 2.45) is 23.2 Å². The molecule has 1 aromatic rings. The first-order valence-electron chi connectivity index (χ1n) is 11.1. The Morgan fingerprint density at radius 1 is 0.935 bits per heavy atom. The molecule has 0 unspecified atom stereocenters. The van der Waals surface area contributed by atoms with Crippen LogP contribution in [0.2, 0.25) is 0 Å². The van der Waals surface area contributed by atoms with Crippen molar-refractivity contribution >= 4 is 11.9 Å². The number of hydrogen-bond donors (Lipinski definition) is 1. The average molecular weight is 432 g/mol. The minimum atomic E-state index is -0.326. The van der Waals surface area contributed by atoms with Crippen LogP contribution in [0.3, 0.4) is 0 Å². The second-order valence-electron chi connectivity index (χ2n) is 9.57. The summed E-state index contributed by atoms with van der Waals surface area (Å²) in [5.74, 6) is 3.35. The largest absolute Gasteiger partial charge is 0.493 e. The van der Waals surface area contributed by atoms with Gasteiger partial charge in [-0.1, -0.05) is 0 Å². The molecule has 7 nitrogen and oxygen atoms in total. The van der Waals surface area contributed by atoms with Crippen LogP contribution >= 0.6 is 0 Å². The van der Waals surface area contributed by atoms with Crippen LogP contribution in [0.4, 0.5) is 0 Å². The van der Waals surface area contributed by atoms with E-state index in [0.29, 0.717) is 23.7 Å². The minimum absolute atomic E-state index is 0.124. The Kier molecular flexibility index (Phi) is 6.30. The molecule has 4 fully saturated rings. The zero-order chi connectivity index (χ0) is 22.0. The van der Waals surface area contributed by atoms with Gasteiger partial charge in [0.1, 0.15) is 0 Å². The van der Waals surface area contributed by atoms with Crippen LogP contribution in [0.1, 0.15) is 50.5 Å². The molecule has 0 aromatic heterocycles. The summed E-state index contributed by atoms with van der Waals surface area (Å²) in [6, 6.07) is 3.56. The summed E-state index contributed by atoms with van der Waals surface area (Å²) in [5, 5.41) is 2.79. The van der Waals surface area contributed by atoms with E-state index in [1.165, 1.54) is 19.3 Å². The van der Waals surface area contributed by atoms with E-state index >= 15 is 0 Å². The number of esters is 1. The molecule has 0 spiro atoms. The van der Waals surface area contributed by atoms with Crippen LogP contribution in [0, 0.1) is 23.2 Å². The molecular weight excluding hydrogens is 398 g/mol. The number of nitrogens with one attached hydrogen (secondary N) is 1. The van der Waals surface area contributed by atoms with Crippen LogP contribution in [0.15, 0.2) is 12.1 Å². The number of rotatable bonds is 9. The third-order valence-corrected chi connectivity index (χ3v) is 7.26. The lowest BCUT2D eigenvalue weighted by molar-refractivity contribution is -0.155. The highest BCUT2D eigenvalue weighted by Gasteiger charge is 2.51. The number of carbonyl (C=O) groups is 2. The molecule has 31 heavy (non-hydrogen) atoms. The summed E-state index contributed by atoms with van der Waals surface area (Å²) in [6.07, 6.45) is 7.95. The fraction of sp³-hybridized carbons (Fsp3) is 0.667. The van der Waals surface area contributed by atoms with Gasteiger partial charge in [0.2, 0.25) is 5.75 Å². The Labute approximate surface area is 183 Å². The number of carbonyl (C=O) groups excluding carboxylic acids is 2. The van der Waals surface area contributed by atoms with Gasteiger partial charge in [0.15, 0.2) is 18.1 Å². The lowest BCUT2D eigenvalue weighted by Crippen LogP contribution is -2.47. The van der Waals surface area contributed by atoms with E-state index in [2.05, 4.69) is 5.32 Å². The van der Waals surface area contributed by atoms with Gasteiger partial charge in [-0.05, 0) is 79.4 Å². The van der Waals surface area contributed by atoms with Gasteiger partial charge in [-0.3, -0.25) is 9.59 Å². The first-order chi connectivity index (χ1) is 14.9. The molecule has 1 amide bonds. The number of amides is 1. The molecular formula is C24H33NO6. The van der Waals surface area contributed by atoms with E-state index in [1.807, 2.05) is 0 Å². The molecule has 0 heterocycles. The standard InChI is InChI=1S/C24H33NO6/c1-28-19-7-18(8-20(29-2)23(19)30-3)13-25-21(26)14-31-22(27)12-24-9-15-4-16(10-24)6-17(5-15)11-24/h7-8,15-17H,4-6,9-14H2,1-3H3,(H,25,26). The number of ether oxygens (including phenoxy) is 4. The molecule has 0 saturated heterocycles. The second kappa shape index (κ2) is 8.97. The Morgan fingerprint density at radius 3 is 1.97 bits per heavy atom. The molecule has 170 valence electrons. The van der Waals surface area contributed by atoms with E-state index < -0.39 is 0 Å². The molecule has 0 atom stereocenters. The predicted molar refractivity (Wildman–Crippen MR) is 114 cm³/mol. The van der Waals surface area contributed by atoms with Gasteiger partial charge in [0.05, 0.1) is 27.8 Å². The number of benzene rings is 1. The maximum absolute atomic E-state index is 12.5. The summed E-state index contributed by atoms with van der Waals surface area (Å²) >= 11 is 0. The van der Waals surface area contributed by atoms with E-state index in [0.717, 1.165) is 42.6 Å². The third-order valence-electron chi connectivity index (χ3n) is 7.26. The predicted octanol–water partition coefficient (Wildman–Crippen LogP) is 3.48. The molecule has 7 heteroatoms. The van der Waals surface area contributed by atoms with Crippen LogP contribution in [-0.4, -0.2) is 39.8 Å². The molecule has 4 bridgehead atoms. The normalized spacial score (nSPS) is 28.2. The maximum Gasteiger partial charge on any atom is 0.306 e. The van der Waals surface area contributed by atoms with Crippen LogP contribution < -0.4 is 19.5 Å². The Morgan fingerprint density at radius 2 is 1.48 bits per heavy atom. The Hall–Kier alpha value is -2.44. The average Bonchev–Trinajstić information content (AvgIpc) is 2.74. The van der Waals surface area contributed by atoms with Gasteiger partial charge < -0.3 is 24.3 Å². The zero-order valence-corrected chi connectivity index (χ0v) is 18.7. The van der Waals surface area contributed by atoms with Crippen molar-refractivity contribution < 1.29 is 28.5 Å². The van der Waals surface area contributed by atoms with E-state index in [-0.39, 0.29) is 30.4 Å². The SMILES string of the molecule is COc1cc(CNC(=O)COC(=O)CC23CC4CC(CC(C4)C2)C3)cc(OC)c1OC. The topological polar surface area (TPSA) is 83.1 Å². The van der Waals surface area contributed by atoms with Crippen molar-refractivity contribution in [2.75, 3.05) is 27.9 Å². The first kappa shape index (κ1) is 21.8. The summed E-state index contributed by atoms with van der Waals surface area (Å²) in [4.78, 5) is 24.7. The first-order valence-corrected chi connectivity index (χ1v) is 11.1. The fourth-order valence-corrected chi connectivity index (χ4v) is 6.50. The monoisotopic (exact) mass is 431 g/mol. The van der Waals surface area contributed by atoms with Crippen molar-refractivity contribution in [1.82, 2.24) is 5.32 Å². The number of methoxy groups -OCH3 is 3. The van der Waals surface area contributed by atoms with Gasteiger partial charge in [-0.15, -0.1) is 0 Å². The van der Waals surface area contributed by atoms with Gasteiger partial charge in [-0.2, -0.15) is 0 Å². The third kappa shape index (κ3) is 4.75. The quantitative estimate of drug-likeness (QED) is 0.603. The van der Waals surface area contributed by atoms with E-state index in [9.17, 15) is 9.59 Å². The molecule has 0 aliphatic heterocycles. The highest BCUT2D eigenvalue weighted by molar-refractivity contribution is 5.80. The van der Waals surface area contributed by atoms with Gasteiger partial charge >= 0.3 is 5.97 Å². The second-order valence-corrected chi connectivity index (χ2v) is 9.57. The van der Waals surface area contributed by atoms with Crippen LogP contribution in [0.25, 0.3) is 0 Å². The lowest BCUT2D eigenvalue weighted by atomic mass is 9.49. The van der Waals surface area contributed by atoms with Gasteiger partial charge in [-0.25, -0.2) is 0 Å². The highest BCUT2D eigenvalue weighted by Crippen LogP contribution is 2.61. The van der Waals surface area contributed by atoms with Crippen LogP contribution in [0.5, 0.6) is 17.2 Å². The van der Waals surface area contributed by atoms with Gasteiger partial charge in [0.25, 0.3) is 5.91 Å². The van der Waals surface area contributed by atoms with Crippen molar-refractivity contribution in [3.05, 3.63) is 17.7 Å². The van der Waals surface area contributed by atoms with E-state index in [4.69, 9.17) is 18.9 Å². The molecule has 4 aliphatic carbocycles. The van der Waals surface area contributed by atoms with E-state index in [1.54, 1.807) is 33.5 Å². The maximum atomic E-state index is 12.5. The van der Waals surface area contributed by atoms with Gasteiger partial charge in [0, 0.05) is 6.54 Å². The molecule has 4 aliphatic rings. The molecule has 1 aromatic carbocycles. The number of hydrogen-bond acceptors (Lipinski definition) is 6. The summed E-state index contributed by atoms with van der Waals surface area (Å²) in [6.45, 7) is 0.0116. The van der Waals surface area contributed by atoms with Crippen molar-refractivity contribution in [3.8, 4) is 17.2 Å². The molecule has 0 radical (unpaired) electrons. The lowest BCUT2D eigenvalue weighted by Gasteiger charge is -2.56.